The van der Waals surface area contributed by atoms with Crippen molar-refractivity contribution in [2.45, 2.75) is 33.1 Å². The molecule has 0 fully saturated rings. The Labute approximate surface area is 131 Å². The molecule has 1 aromatic rings. The molecule has 0 aromatic carbocycles. The number of aromatic nitrogens is 1. The van der Waals surface area contributed by atoms with Gasteiger partial charge in [0.1, 0.15) is 0 Å². The second-order valence-electron chi connectivity index (χ2n) is 3.76. The first kappa shape index (κ1) is 17.6. The molecule has 0 aliphatic rings. The molecule has 0 bridgehead atoms. The van der Waals surface area contributed by atoms with Crippen molar-refractivity contribution < 1.29 is 0 Å². The number of halogens is 1. The summed E-state index contributed by atoms with van der Waals surface area (Å²) >= 11 is 1.74. The summed E-state index contributed by atoms with van der Waals surface area (Å²) in [7, 11) is 1.79. The van der Waals surface area contributed by atoms with Crippen molar-refractivity contribution in [3.63, 3.8) is 0 Å². The monoisotopic (exact) mass is 382 g/mol. The van der Waals surface area contributed by atoms with Crippen molar-refractivity contribution in [3.05, 3.63) is 16.1 Å². The van der Waals surface area contributed by atoms with Gasteiger partial charge in [0.2, 0.25) is 0 Å². The van der Waals surface area contributed by atoms with Crippen molar-refractivity contribution in [3.8, 4) is 0 Å². The SMILES string of the molecule is CCCNC(=NC)NCCc1csc(CC)n1.I. The van der Waals surface area contributed by atoms with Gasteiger partial charge < -0.3 is 10.6 Å². The Balaban J connectivity index is 0.00000289. The molecule has 4 nitrogen and oxygen atoms in total. The van der Waals surface area contributed by atoms with Gasteiger partial charge >= 0.3 is 0 Å². The molecule has 0 saturated carbocycles. The molecule has 0 saturated heterocycles. The maximum Gasteiger partial charge on any atom is 0.190 e. The van der Waals surface area contributed by atoms with E-state index in [0.29, 0.717) is 0 Å². The first-order chi connectivity index (χ1) is 8.30. The number of aliphatic imine (C=N–C) groups is 1. The minimum atomic E-state index is 0. The van der Waals surface area contributed by atoms with Gasteiger partial charge in [0.15, 0.2) is 5.96 Å². The number of thiazole rings is 1. The predicted molar refractivity (Wildman–Crippen MR) is 90.3 cm³/mol. The van der Waals surface area contributed by atoms with Gasteiger partial charge in [-0.15, -0.1) is 35.3 Å². The molecule has 0 aliphatic carbocycles. The lowest BCUT2D eigenvalue weighted by Crippen LogP contribution is -2.38. The molecule has 18 heavy (non-hydrogen) atoms. The van der Waals surface area contributed by atoms with Crippen LogP contribution in [0, 0.1) is 0 Å². The lowest BCUT2D eigenvalue weighted by atomic mass is 10.3. The maximum atomic E-state index is 4.53. The van der Waals surface area contributed by atoms with E-state index in [1.165, 1.54) is 10.7 Å². The minimum Gasteiger partial charge on any atom is -0.356 e. The van der Waals surface area contributed by atoms with Gasteiger partial charge in [-0.2, -0.15) is 0 Å². The van der Waals surface area contributed by atoms with Gasteiger partial charge in [-0.05, 0) is 12.8 Å². The molecule has 0 amide bonds. The second-order valence-corrected chi connectivity index (χ2v) is 4.70. The molecular weight excluding hydrogens is 359 g/mol. The summed E-state index contributed by atoms with van der Waals surface area (Å²) in [4.78, 5) is 8.69. The van der Waals surface area contributed by atoms with Crippen LogP contribution in [0.5, 0.6) is 0 Å². The number of hydrogen-bond donors (Lipinski definition) is 2. The largest absolute Gasteiger partial charge is 0.356 e. The molecule has 104 valence electrons. The third-order valence-corrected chi connectivity index (χ3v) is 3.38. The van der Waals surface area contributed by atoms with Gasteiger partial charge in [-0.3, -0.25) is 4.99 Å². The van der Waals surface area contributed by atoms with E-state index in [4.69, 9.17) is 0 Å². The molecule has 1 rings (SSSR count). The van der Waals surface area contributed by atoms with Crippen LogP contribution in [-0.2, 0) is 12.8 Å². The molecule has 0 atom stereocenters. The Morgan fingerprint density at radius 1 is 1.33 bits per heavy atom. The zero-order valence-corrected chi connectivity index (χ0v) is 14.5. The van der Waals surface area contributed by atoms with Crippen LogP contribution >= 0.6 is 35.3 Å². The van der Waals surface area contributed by atoms with Crippen LogP contribution in [0.25, 0.3) is 0 Å². The fourth-order valence-electron chi connectivity index (χ4n) is 1.40. The number of nitrogens with one attached hydrogen (secondary N) is 2. The van der Waals surface area contributed by atoms with E-state index in [2.05, 4.69) is 39.8 Å². The van der Waals surface area contributed by atoms with Crippen molar-refractivity contribution in [2.24, 2.45) is 4.99 Å². The first-order valence-electron chi connectivity index (χ1n) is 6.17. The van der Waals surface area contributed by atoms with Crippen LogP contribution in [0.15, 0.2) is 10.4 Å². The third-order valence-electron chi connectivity index (χ3n) is 2.34. The number of hydrogen-bond acceptors (Lipinski definition) is 3. The standard InChI is InChI=1S/C12H22N4S.HI/c1-4-7-14-12(13-3)15-8-6-10-9-17-11(5-2)16-10;/h9H,4-8H2,1-3H3,(H2,13,14,15);1H. The Morgan fingerprint density at radius 3 is 2.61 bits per heavy atom. The van der Waals surface area contributed by atoms with Crippen molar-refractivity contribution in [1.82, 2.24) is 15.6 Å². The highest BCUT2D eigenvalue weighted by Crippen LogP contribution is 2.09. The second kappa shape index (κ2) is 10.5. The van der Waals surface area contributed by atoms with Crippen LogP contribution in [0.4, 0.5) is 0 Å². The number of guanidine groups is 1. The van der Waals surface area contributed by atoms with E-state index in [-0.39, 0.29) is 24.0 Å². The van der Waals surface area contributed by atoms with Crippen LogP contribution in [-0.4, -0.2) is 31.1 Å². The van der Waals surface area contributed by atoms with E-state index in [1.54, 1.807) is 18.4 Å². The van der Waals surface area contributed by atoms with Crippen molar-refractivity contribution >= 4 is 41.3 Å². The smallest absolute Gasteiger partial charge is 0.190 e. The molecule has 0 aliphatic heterocycles. The average Bonchev–Trinajstić information content (AvgIpc) is 2.81. The number of rotatable bonds is 6. The maximum absolute atomic E-state index is 4.53. The summed E-state index contributed by atoms with van der Waals surface area (Å²) in [5, 5.41) is 9.88. The first-order valence-corrected chi connectivity index (χ1v) is 7.05. The van der Waals surface area contributed by atoms with Gasteiger partial charge in [-0.25, -0.2) is 4.98 Å². The summed E-state index contributed by atoms with van der Waals surface area (Å²) in [6, 6.07) is 0. The van der Waals surface area contributed by atoms with Gasteiger partial charge in [0, 0.05) is 31.9 Å². The van der Waals surface area contributed by atoms with Gasteiger partial charge in [-0.1, -0.05) is 13.8 Å². The summed E-state index contributed by atoms with van der Waals surface area (Å²) in [5.41, 5.74) is 1.17. The highest BCUT2D eigenvalue weighted by Gasteiger charge is 2.01. The normalized spacial score (nSPS) is 10.9. The Morgan fingerprint density at radius 2 is 2.06 bits per heavy atom. The van der Waals surface area contributed by atoms with E-state index >= 15 is 0 Å². The van der Waals surface area contributed by atoms with E-state index < -0.39 is 0 Å². The number of aryl methyl sites for hydroxylation is 1. The summed E-state index contributed by atoms with van der Waals surface area (Å²) in [5.74, 6) is 0.873. The Kier molecular flexibility index (Phi) is 10.3. The van der Waals surface area contributed by atoms with Crippen molar-refractivity contribution in [2.75, 3.05) is 20.1 Å². The lowest BCUT2D eigenvalue weighted by Gasteiger charge is -2.10. The third kappa shape index (κ3) is 6.53. The van der Waals surface area contributed by atoms with Crippen molar-refractivity contribution in [1.29, 1.82) is 0 Å². The molecule has 0 radical (unpaired) electrons. The van der Waals surface area contributed by atoms with Crippen LogP contribution < -0.4 is 10.6 Å². The summed E-state index contributed by atoms with van der Waals surface area (Å²) in [6.45, 7) is 6.10. The zero-order chi connectivity index (χ0) is 12.5. The number of nitrogens with zero attached hydrogens (tertiary/aromatic N) is 2. The van der Waals surface area contributed by atoms with Gasteiger partial charge in [0.05, 0.1) is 10.7 Å². The molecule has 1 heterocycles. The highest BCUT2D eigenvalue weighted by atomic mass is 127. The highest BCUT2D eigenvalue weighted by molar-refractivity contribution is 14.0. The van der Waals surface area contributed by atoms with E-state index in [0.717, 1.165) is 38.3 Å². The molecule has 2 N–H and O–H groups in total. The fourth-order valence-corrected chi connectivity index (χ4v) is 2.18. The molecule has 6 heteroatoms. The Hall–Kier alpha value is -0.370. The molecule has 0 unspecified atom stereocenters. The van der Waals surface area contributed by atoms with Crippen LogP contribution in [0.2, 0.25) is 0 Å². The molecular formula is C12H23IN4S. The quantitative estimate of drug-likeness (QED) is 0.452. The average molecular weight is 382 g/mol. The summed E-state index contributed by atoms with van der Waals surface area (Å²) < 4.78 is 0. The van der Waals surface area contributed by atoms with Crippen LogP contribution in [0.3, 0.4) is 0 Å². The van der Waals surface area contributed by atoms with E-state index in [9.17, 15) is 0 Å². The lowest BCUT2D eigenvalue weighted by molar-refractivity contribution is 0.767. The fraction of sp³-hybridized carbons (Fsp3) is 0.667. The topological polar surface area (TPSA) is 49.3 Å². The minimum absolute atomic E-state index is 0. The zero-order valence-electron chi connectivity index (χ0n) is 11.3. The summed E-state index contributed by atoms with van der Waals surface area (Å²) in [6.07, 6.45) is 3.08. The van der Waals surface area contributed by atoms with E-state index in [1.807, 2.05) is 0 Å². The molecule has 1 aromatic heterocycles. The van der Waals surface area contributed by atoms with Gasteiger partial charge in [0.25, 0.3) is 0 Å². The molecule has 0 spiro atoms. The predicted octanol–water partition coefficient (Wildman–Crippen LogP) is 2.44. The van der Waals surface area contributed by atoms with Crippen LogP contribution in [0.1, 0.15) is 31.0 Å². The Bertz CT molecular complexity index is 352.